The third kappa shape index (κ3) is 0.780. The molecule has 0 saturated carbocycles. The van der Waals surface area contributed by atoms with Crippen molar-refractivity contribution in [3.8, 4) is 0 Å². The van der Waals surface area contributed by atoms with Crippen LogP contribution in [-0.2, 0) is 14.2 Å². The first kappa shape index (κ1) is 8.61. The summed E-state index contributed by atoms with van der Waals surface area (Å²) >= 11 is 0. The van der Waals surface area contributed by atoms with Crippen molar-refractivity contribution in [1.29, 1.82) is 0 Å². The van der Waals surface area contributed by atoms with Crippen LogP contribution in [-0.4, -0.2) is 42.9 Å². The van der Waals surface area contributed by atoms with Crippen LogP contribution >= 0.6 is 0 Å². The maximum Gasteiger partial charge on any atom is 0.187 e. The fourth-order valence-electron chi connectivity index (χ4n) is 2.47. The number of ether oxygens (including phenoxy) is 3. The van der Waals surface area contributed by atoms with E-state index in [9.17, 15) is 5.11 Å². The van der Waals surface area contributed by atoms with Gasteiger partial charge in [0.1, 0.15) is 12.2 Å². The van der Waals surface area contributed by atoms with E-state index >= 15 is 0 Å². The van der Waals surface area contributed by atoms with E-state index in [4.69, 9.17) is 14.2 Å². The molecule has 0 amide bonds. The van der Waals surface area contributed by atoms with E-state index in [1.807, 2.05) is 18.2 Å². The first-order valence-corrected chi connectivity index (χ1v) is 4.68. The fraction of sp³-hybridized carbons (Fsp3) is 0.600. The highest BCUT2D eigenvalue weighted by Gasteiger charge is 2.62. The predicted molar refractivity (Wildman–Crippen MR) is 47.6 cm³/mol. The lowest BCUT2D eigenvalue weighted by Gasteiger charge is -2.28. The molecule has 3 rings (SSSR count). The van der Waals surface area contributed by atoms with E-state index < -0.39 is 18.0 Å². The van der Waals surface area contributed by atoms with Gasteiger partial charge < -0.3 is 19.3 Å². The normalized spacial score (nSPS) is 49.3. The van der Waals surface area contributed by atoms with Gasteiger partial charge in [-0.25, -0.2) is 0 Å². The Morgan fingerprint density at radius 1 is 1.64 bits per heavy atom. The maximum absolute atomic E-state index is 10.1. The highest BCUT2D eigenvalue weighted by Crippen LogP contribution is 2.47. The third-order valence-corrected chi connectivity index (χ3v) is 3.16. The molecule has 14 heavy (non-hydrogen) atoms. The summed E-state index contributed by atoms with van der Waals surface area (Å²) in [5.41, 5.74) is 0.315. The molecular formula is C10H12O4. The fourth-order valence-corrected chi connectivity index (χ4v) is 2.47. The molecule has 4 atom stereocenters. The molecule has 2 aliphatic heterocycles. The highest BCUT2D eigenvalue weighted by atomic mass is 16.7. The molecule has 0 aromatic rings. The lowest BCUT2D eigenvalue weighted by atomic mass is 9.90. The van der Waals surface area contributed by atoms with Gasteiger partial charge in [0.05, 0.1) is 6.61 Å². The summed E-state index contributed by atoms with van der Waals surface area (Å²) in [5, 5.41) is 10.1. The Labute approximate surface area is 81.8 Å². The quantitative estimate of drug-likeness (QED) is 0.640. The summed E-state index contributed by atoms with van der Waals surface area (Å²) in [6.07, 6.45) is 4.28. The maximum atomic E-state index is 10.1. The molecule has 4 nitrogen and oxygen atoms in total. The van der Waals surface area contributed by atoms with Crippen LogP contribution in [0.25, 0.3) is 0 Å². The molecule has 1 N–H and O–H groups in total. The summed E-state index contributed by atoms with van der Waals surface area (Å²) in [6, 6.07) is 0. The number of rotatable bonds is 1. The Hall–Kier alpha value is -0.680. The van der Waals surface area contributed by atoms with Gasteiger partial charge in [-0.2, -0.15) is 0 Å². The lowest BCUT2D eigenvalue weighted by molar-refractivity contribution is -0.145. The zero-order chi connectivity index (χ0) is 9.76. The minimum Gasteiger partial charge on any atom is -0.384 e. The van der Waals surface area contributed by atoms with Gasteiger partial charge in [-0.1, -0.05) is 18.2 Å². The zero-order valence-corrected chi connectivity index (χ0v) is 7.84. The second kappa shape index (κ2) is 2.67. The average Bonchev–Trinajstić information content (AvgIpc) is 2.78. The van der Waals surface area contributed by atoms with Crippen LogP contribution in [0.5, 0.6) is 0 Å². The third-order valence-electron chi connectivity index (χ3n) is 3.16. The van der Waals surface area contributed by atoms with Crippen molar-refractivity contribution in [3.63, 3.8) is 0 Å². The molecule has 1 unspecified atom stereocenters. The number of aliphatic hydroxyl groups is 1. The second-order valence-electron chi connectivity index (χ2n) is 3.73. The van der Waals surface area contributed by atoms with E-state index in [-0.39, 0.29) is 6.10 Å². The van der Waals surface area contributed by atoms with Crippen LogP contribution in [0.4, 0.5) is 0 Å². The van der Waals surface area contributed by atoms with Crippen molar-refractivity contribution < 1.29 is 19.3 Å². The lowest BCUT2D eigenvalue weighted by Crippen LogP contribution is -2.47. The van der Waals surface area contributed by atoms with Crippen LogP contribution in [0.15, 0.2) is 23.8 Å². The summed E-state index contributed by atoms with van der Waals surface area (Å²) in [5.74, 6) is 0. The molecule has 0 radical (unpaired) electrons. The highest BCUT2D eigenvalue weighted by molar-refractivity contribution is 5.45. The molecule has 1 spiro atoms. The molecule has 1 aliphatic carbocycles. The van der Waals surface area contributed by atoms with Gasteiger partial charge in [0.25, 0.3) is 0 Å². The van der Waals surface area contributed by atoms with E-state index in [0.29, 0.717) is 6.61 Å². The molecule has 4 heteroatoms. The Morgan fingerprint density at radius 2 is 2.50 bits per heavy atom. The van der Waals surface area contributed by atoms with Crippen molar-refractivity contribution in [2.45, 2.75) is 24.1 Å². The number of methoxy groups -OCH3 is 1. The number of hydrogen-bond donors (Lipinski definition) is 1. The van der Waals surface area contributed by atoms with Gasteiger partial charge in [-0.05, 0) is 5.57 Å². The van der Waals surface area contributed by atoms with E-state index in [0.717, 1.165) is 5.57 Å². The first-order chi connectivity index (χ1) is 6.79. The molecule has 0 aromatic carbocycles. The van der Waals surface area contributed by atoms with Crippen LogP contribution < -0.4 is 0 Å². The Kier molecular flexibility index (Phi) is 1.64. The van der Waals surface area contributed by atoms with Crippen molar-refractivity contribution in [1.82, 2.24) is 0 Å². The molecule has 1 fully saturated rings. The standard InChI is InChI=1S/C10H12O4/c1-12-9-8(11)10-6(4-5-13-10)2-3-7(10)14-9/h2-4,7-9,11H,5H2,1H3/t7?,8-,9-,10+/m0/s1. The minimum absolute atomic E-state index is 0.212. The monoisotopic (exact) mass is 196 g/mol. The summed E-state index contributed by atoms with van der Waals surface area (Å²) in [6.45, 7) is 0.535. The van der Waals surface area contributed by atoms with E-state index in [1.54, 1.807) is 0 Å². The zero-order valence-electron chi connectivity index (χ0n) is 7.84. The summed E-state index contributed by atoms with van der Waals surface area (Å²) < 4.78 is 16.2. The molecular weight excluding hydrogens is 184 g/mol. The second-order valence-corrected chi connectivity index (χ2v) is 3.73. The summed E-state index contributed by atoms with van der Waals surface area (Å²) in [4.78, 5) is 0. The minimum atomic E-state index is -0.749. The van der Waals surface area contributed by atoms with Crippen LogP contribution in [0.1, 0.15) is 0 Å². The first-order valence-electron chi connectivity index (χ1n) is 4.68. The smallest absolute Gasteiger partial charge is 0.187 e. The van der Waals surface area contributed by atoms with Crippen LogP contribution in [0.3, 0.4) is 0 Å². The molecule has 3 aliphatic rings. The van der Waals surface area contributed by atoms with Crippen LogP contribution in [0.2, 0.25) is 0 Å². The Bertz CT molecular complexity index is 322. The van der Waals surface area contributed by atoms with Gasteiger partial charge in [0.2, 0.25) is 0 Å². The number of aliphatic hydroxyl groups excluding tert-OH is 1. The van der Waals surface area contributed by atoms with Gasteiger partial charge in [-0.3, -0.25) is 0 Å². The van der Waals surface area contributed by atoms with Gasteiger partial charge in [0, 0.05) is 7.11 Å². The van der Waals surface area contributed by atoms with Crippen molar-refractivity contribution in [3.05, 3.63) is 23.8 Å². The van der Waals surface area contributed by atoms with Crippen molar-refractivity contribution in [2.24, 2.45) is 0 Å². The molecule has 2 heterocycles. The van der Waals surface area contributed by atoms with Crippen molar-refractivity contribution in [2.75, 3.05) is 13.7 Å². The molecule has 76 valence electrons. The van der Waals surface area contributed by atoms with E-state index in [1.165, 1.54) is 7.11 Å². The van der Waals surface area contributed by atoms with E-state index in [2.05, 4.69) is 0 Å². The molecule has 0 bridgehead atoms. The van der Waals surface area contributed by atoms with Gasteiger partial charge in [0.15, 0.2) is 11.9 Å². The van der Waals surface area contributed by atoms with Crippen LogP contribution in [0, 0.1) is 0 Å². The largest absolute Gasteiger partial charge is 0.384 e. The van der Waals surface area contributed by atoms with Gasteiger partial charge >= 0.3 is 0 Å². The number of hydrogen-bond acceptors (Lipinski definition) is 4. The topological polar surface area (TPSA) is 47.9 Å². The SMILES string of the molecule is CO[C@H]1OC2C=CC3=CCO[C@]32[C@H]1O. The predicted octanol–water partition coefficient (Wildman–Crippen LogP) is -0.0162. The average molecular weight is 196 g/mol. The summed E-state index contributed by atoms with van der Waals surface area (Å²) in [7, 11) is 1.52. The molecule has 1 saturated heterocycles. The Morgan fingerprint density at radius 3 is 3.29 bits per heavy atom. The van der Waals surface area contributed by atoms with Gasteiger partial charge in [-0.15, -0.1) is 0 Å². The van der Waals surface area contributed by atoms with Crippen molar-refractivity contribution >= 4 is 0 Å². The Balaban J connectivity index is 2.02. The molecule has 0 aromatic heterocycles.